The Balaban J connectivity index is 2.58. The molecule has 1 rings (SSSR count). The number of rotatable bonds is 9. The van der Waals surface area contributed by atoms with Gasteiger partial charge in [-0.25, -0.2) is 23.1 Å². The highest BCUT2D eigenvalue weighted by molar-refractivity contribution is 7.89. The second kappa shape index (κ2) is 8.03. The molecule has 0 aliphatic heterocycles. The molecule has 1 aromatic rings. The van der Waals surface area contributed by atoms with Crippen molar-refractivity contribution in [3.8, 4) is 0 Å². The van der Waals surface area contributed by atoms with E-state index < -0.39 is 10.0 Å². The Bertz CT molecular complexity index is 461. The van der Waals surface area contributed by atoms with Crippen molar-refractivity contribution in [3.63, 3.8) is 0 Å². The Hall–Kier alpha value is -1.25. The second-order valence-corrected chi connectivity index (χ2v) is 5.68. The van der Waals surface area contributed by atoms with Crippen molar-refractivity contribution in [2.75, 3.05) is 32.1 Å². The van der Waals surface area contributed by atoms with Crippen LogP contribution in [0.1, 0.15) is 19.8 Å². The summed E-state index contributed by atoms with van der Waals surface area (Å²) in [6.07, 6.45) is 4.16. The molecule has 1 heterocycles. The standard InChI is InChI=1S/C11H20N4O3S/c1-3-5-12-11-13-8-10(9-14-11)19(16,17)15-6-4-7-18-2/h8-9,15H,3-7H2,1-2H3,(H,12,13,14). The van der Waals surface area contributed by atoms with E-state index in [1.54, 1.807) is 7.11 Å². The van der Waals surface area contributed by atoms with Gasteiger partial charge in [0.15, 0.2) is 0 Å². The second-order valence-electron chi connectivity index (χ2n) is 3.91. The molecule has 8 heteroatoms. The minimum Gasteiger partial charge on any atom is -0.385 e. The minimum atomic E-state index is -3.54. The monoisotopic (exact) mass is 288 g/mol. The predicted molar refractivity (Wildman–Crippen MR) is 72.5 cm³/mol. The number of hydrogen-bond donors (Lipinski definition) is 2. The maximum absolute atomic E-state index is 11.9. The summed E-state index contributed by atoms with van der Waals surface area (Å²) < 4.78 is 31.0. The van der Waals surface area contributed by atoms with Gasteiger partial charge < -0.3 is 10.1 Å². The maximum Gasteiger partial charge on any atom is 0.243 e. The van der Waals surface area contributed by atoms with Crippen LogP contribution in [0.25, 0.3) is 0 Å². The van der Waals surface area contributed by atoms with Crippen LogP contribution in [-0.4, -0.2) is 45.2 Å². The zero-order valence-electron chi connectivity index (χ0n) is 11.2. The van der Waals surface area contributed by atoms with Gasteiger partial charge in [-0.2, -0.15) is 0 Å². The van der Waals surface area contributed by atoms with E-state index >= 15 is 0 Å². The van der Waals surface area contributed by atoms with Crippen molar-refractivity contribution in [2.24, 2.45) is 0 Å². The Labute approximate surface area is 113 Å². The van der Waals surface area contributed by atoms with E-state index in [-0.39, 0.29) is 4.90 Å². The van der Waals surface area contributed by atoms with Gasteiger partial charge >= 0.3 is 0 Å². The number of nitrogens with one attached hydrogen (secondary N) is 2. The van der Waals surface area contributed by atoms with Crippen molar-refractivity contribution in [3.05, 3.63) is 12.4 Å². The minimum absolute atomic E-state index is 0.0620. The highest BCUT2D eigenvalue weighted by Crippen LogP contribution is 2.07. The molecule has 0 radical (unpaired) electrons. The van der Waals surface area contributed by atoms with Gasteiger partial charge in [-0.05, 0) is 12.8 Å². The van der Waals surface area contributed by atoms with Crippen molar-refractivity contribution >= 4 is 16.0 Å². The number of hydrogen-bond acceptors (Lipinski definition) is 6. The lowest BCUT2D eigenvalue weighted by Gasteiger charge is -2.07. The van der Waals surface area contributed by atoms with Crippen LogP contribution in [0.3, 0.4) is 0 Å². The predicted octanol–water partition coefficient (Wildman–Crippen LogP) is 0.613. The summed E-state index contributed by atoms with van der Waals surface area (Å²) in [6, 6.07) is 0. The number of ether oxygens (including phenoxy) is 1. The number of aromatic nitrogens is 2. The third-order valence-electron chi connectivity index (χ3n) is 2.29. The molecule has 19 heavy (non-hydrogen) atoms. The van der Waals surface area contributed by atoms with Gasteiger partial charge in [0, 0.05) is 26.8 Å². The van der Waals surface area contributed by atoms with Crippen LogP contribution in [0.15, 0.2) is 17.3 Å². The summed E-state index contributed by atoms with van der Waals surface area (Å²) >= 11 is 0. The molecule has 0 saturated carbocycles. The third kappa shape index (κ3) is 5.50. The summed E-state index contributed by atoms with van der Waals surface area (Å²) in [5.41, 5.74) is 0. The molecule has 108 valence electrons. The van der Waals surface area contributed by atoms with E-state index in [1.165, 1.54) is 12.4 Å². The average molecular weight is 288 g/mol. The van der Waals surface area contributed by atoms with Crippen LogP contribution in [0.4, 0.5) is 5.95 Å². The summed E-state index contributed by atoms with van der Waals surface area (Å²) in [6.45, 7) is 3.61. The Kier molecular flexibility index (Phi) is 6.68. The first kappa shape index (κ1) is 15.8. The van der Waals surface area contributed by atoms with E-state index in [4.69, 9.17) is 4.74 Å². The van der Waals surface area contributed by atoms with Crippen molar-refractivity contribution in [1.82, 2.24) is 14.7 Å². The summed E-state index contributed by atoms with van der Waals surface area (Å²) in [7, 11) is -1.96. The fourth-order valence-electron chi connectivity index (χ4n) is 1.29. The molecule has 0 unspecified atom stereocenters. The summed E-state index contributed by atoms with van der Waals surface area (Å²) in [5, 5.41) is 2.98. The number of nitrogens with zero attached hydrogens (tertiary/aromatic N) is 2. The number of methoxy groups -OCH3 is 1. The molecule has 0 aliphatic carbocycles. The molecule has 0 aliphatic rings. The first-order valence-corrected chi connectivity index (χ1v) is 7.63. The molecule has 0 amide bonds. The first-order valence-electron chi connectivity index (χ1n) is 6.14. The van der Waals surface area contributed by atoms with E-state index in [0.717, 1.165) is 13.0 Å². The van der Waals surface area contributed by atoms with Gasteiger partial charge in [-0.15, -0.1) is 0 Å². The fourth-order valence-corrected chi connectivity index (χ4v) is 2.25. The number of sulfonamides is 1. The molecule has 2 N–H and O–H groups in total. The van der Waals surface area contributed by atoms with E-state index in [0.29, 0.717) is 25.5 Å². The molecular weight excluding hydrogens is 268 g/mol. The summed E-state index contributed by atoms with van der Waals surface area (Å²) in [4.78, 5) is 7.98. The van der Waals surface area contributed by atoms with Gasteiger partial charge in [0.1, 0.15) is 4.90 Å². The van der Waals surface area contributed by atoms with Gasteiger partial charge in [0.05, 0.1) is 12.4 Å². The molecule has 0 bridgehead atoms. The fraction of sp³-hybridized carbons (Fsp3) is 0.636. The number of anilines is 1. The topological polar surface area (TPSA) is 93.2 Å². The quantitative estimate of drug-likeness (QED) is 0.647. The van der Waals surface area contributed by atoms with E-state index in [9.17, 15) is 8.42 Å². The normalized spacial score (nSPS) is 11.5. The van der Waals surface area contributed by atoms with E-state index in [1.807, 2.05) is 6.92 Å². The molecule has 0 aromatic carbocycles. The Morgan fingerprint density at radius 1 is 1.26 bits per heavy atom. The van der Waals surface area contributed by atoms with Crippen LogP contribution in [-0.2, 0) is 14.8 Å². The lowest BCUT2D eigenvalue weighted by atomic mass is 10.5. The highest BCUT2D eigenvalue weighted by atomic mass is 32.2. The van der Waals surface area contributed by atoms with Gasteiger partial charge in [0.2, 0.25) is 16.0 Å². The highest BCUT2D eigenvalue weighted by Gasteiger charge is 2.14. The van der Waals surface area contributed by atoms with Crippen LogP contribution < -0.4 is 10.0 Å². The molecule has 0 spiro atoms. The van der Waals surface area contributed by atoms with Crippen LogP contribution in [0.5, 0.6) is 0 Å². The van der Waals surface area contributed by atoms with Crippen molar-refractivity contribution in [1.29, 1.82) is 0 Å². The van der Waals surface area contributed by atoms with Crippen molar-refractivity contribution in [2.45, 2.75) is 24.7 Å². The molecule has 7 nitrogen and oxygen atoms in total. The molecule has 1 aromatic heterocycles. The molecule has 0 atom stereocenters. The first-order chi connectivity index (χ1) is 9.10. The zero-order chi connectivity index (χ0) is 14.1. The smallest absolute Gasteiger partial charge is 0.243 e. The lowest BCUT2D eigenvalue weighted by Crippen LogP contribution is -2.25. The molecule has 0 saturated heterocycles. The molecular formula is C11H20N4O3S. The SMILES string of the molecule is CCCNc1ncc(S(=O)(=O)NCCCOC)cn1. The van der Waals surface area contributed by atoms with Crippen molar-refractivity contribution < 1.29 is 13.2 Å². The third-order valence-corrected chi connectivity index (χ3v) is 3.70. The van der Waals surface area contributed by atoms with Gasteiger partial charge in [-0.1, -0.05) is 6.92 Å². The zero-order valence-corrected chi connectivity index (χ0v) is 12.0. The Morgan fingerprint density at radius 3 is 2.53 bits per heavy atom. The van der Waals surface area contributed by atoms with Crippen LogP contribution in [0, 0.1) is 0 Å². The molecule has 0 fully saturated rings. The summed E-state index contributed by atoms with van der Waals surface area (Å²) in [5.74, 6) is 0.431. The lowest BCUT2D eigenvalue weighted by molar-refractivity contribution is 0.196. The van der Waals surface area contributed by atoms with E-state index in [2.05, 4.69) is 20.0 Å². The van der Waals surface area contributed by atoms with Gasteiger partial charge in [-0.3, -0.25) is 0 Å². The average Bonchev–Trinajstić information content (AvgIpc) is 2.42. The van der Waals surface area contributed by atoms with Gasteiger partial charge in [0.25, 0.3) is 0 Å². The maximum atomic E-state index is 11.9. The Morgan fingerprint density at radius 2 is 1.95 bits per heavy atom. The van der Waals surface area contributed by atoms with Crippen LogP contribution >= 0.6 is 0 Å². The van der Waals surface area contributed by atoms with Crippen LogP contribution in [0.2, 0.25) is 0 Å². The largest absolute Gasteiger partial charge is 0.385 e.